The number of nitrogens with zero attached hydrogens (tertiary/aromatic N) is 2. The molecule has 0 saturated carbocycles. The maximum absolute atomic E-state index is 13.6. The van der Waals surface area contributed by atoms with Crippen molar-refractivity contribution in [3.05, 3.63) is 89.6 Å². The van der Waals surface area contributed by atoms with E-state index in [1.54, 1.807) is 58.2 Å². The Hall–Kier alpha value is -3.36. The summed E-state index contributed by atoms with van der Waals surface area (Å²) in [5.74, 6) is 0.123. The predicted octanol–water partition coefficient (Wildman–Crippen LogP) is 3.55. The van der Waals surface area contributed by atoms with Crippen LogP contribution in [-0.2, 0) is 9.53 Å². The molecule has 1 aromatic heterocycles. The highest BCUT2D eigenvalue weighted by Gasteiger charge is 2.33. The number of ether oxygens (including phenoxy) is 2. The van der Waals surface area contributed by atoms with Gasteiger partial charge in [-0.3, -0.25) is 9.36 Å². The van der Waals surface area contributed by atoms with Gasteiger partial charge in [0.1, 0.15) is 11.5 Å². The van der Waals surface area contributed by atoms with E-state index in [2.05, 4.69) is 4.99 Å². The summed E-state index contributed by atoms with van der Waals surface area (Å²) in [6.07, 6.45) is 1.24. The lowest BCUT2D eigenvalue weighted by atomic mass is 9.96. The lowest BCUT2D eigenvalue weighted by Gasteiger charge is -2.25. The van der Waals surface area contributed by atoms with Crippen LogP contribution in [-0.4, -0.2) is 28.9 Å². The Bertz CT molecular complexity index is 1470. The minimum absolute atomic E-state index is 0.000629. The van der Waals surface area contributed by atoms with E-state index in [-0.39, 0.29) is 17.4 Å². The van der Waals surface area contributed by atoms with Gasteiger partial charge in [-0.05, 0) is 62.7 Å². The molecule has 0 saturated heterocycles. The summed E-state index contributed by atoms with van der Waals surface area (Å²) in [6.45, 7) is 5.26. The molecule has 0 fully saturated rings. The Morgan fingerprint density at radius 2 is 1.94 bits per heavy atom. The lowest BCUT2D eigenvalue weighted by Crippen LogP contribution is -2.40. The van der Waals surface area contributed by atoms with Crippen molar-refractivity contribution in [1.29, 1.82) is 0 Å². The van der Waals surface area contributed by atoms with E-state index in [0.29, 0.717) is 42.5 Å². The molecule has 2 aromatic carbocycles. The summed E-state index contributed by atoms with van der Waals surface area (Å²) < 4.78 is 12.6. The van der Waals surface area contributed by atoms with Crippen molar-refractivity contribution in [2.75, 3.05) is 7.11 Å². The molecule has 176 valence electrons. The first-order chi connectivity index (χ1) is 16.2. The number of fused-ring (bicyclic) bond motifs is 1. The van der Waals surface area contributed by atoms with Gasteiger partial charge in [-0.1, -0.05) is 35.1 Å². The van der Waals surface area contributed by atoms with Gasteiger partial charge in [0, 0.05) is 10.6 Å². The molecule has 1 atom stereocenters. The second-order valence-corrected chi connectivity index (χ2v) is 9.46. The molecule has 7 nitrogen and oxygen atoms in total. The Morgan fingerprint density at radius 3 is 2.59 bits per heavy atom. The average Bonchev–Trinajstić information content (AvgIpc) is 3.09. The van der Waals surface area contributed by atoms with Crippen LogP contribution in [0.2, 0.25) is 5.02 Å². The summed E-state index contributed by atoms with van der Waals surface area (Å²) in [6, 6.07) is 11.0. The number of carbonyl (C=O) groups excluding carboxylic acids is 1. The zero-order valence-corrected chi connectivity index (χ0v) is 20.6. The van der Waals surface area contributed by atoms with E-state index in [4.69, 9.17) is 21.1 Å². The third-order valence-corrected chi connectivity index (χ3v) is 6.51. The number of aromatic nitrogens is 1. The number of allylic oxidation sites excluding steroid dienone is 1. The van der Waals surface area contributed by atoms with E-state index in [1.165, 1.54) is 22.0 Å². The number of hydrogen-bond donors (Lipinski definition) is 1. The molecule has 3 aromatic rings. The molecule has 0 bridgehead atoms. The highest BCUT2D eigenvalue weighted by molar-refractivity contribution is 7.07. The minimum Gasteiger partial charge on any atom is -0.507 e. The van der Waals surface area contributed by atoms with Crippen LogP contribution in [0.5, 0.6) is 11.5 Å². The number of benzene rings is 2. The van der Waals surface area contributed by atoms with Crippen molar-refractivity contribution in [3.63, 3.8) is 0 Å². The van der Waals surface area contributed by atoms with Gasteiger partial charge in [0.05, 0.1) is 35.1 Å². The fourth-order valence-electron chi connectivity index (χ4n) is 3.74. The van der Waals surface area contributed by atoms with Crippen LogP contribution in [0.4, 0.5) is 0 Å². The van der Waals surface area contributed by atoms with Crippen LogP contribution >= 0.6 is 22.9 Å². The van der Waals surface area contributed by atoms with Gasteiger partial charge < -0.3 is 14.6 Å². The number of halogens is 1. The number of rotatable bonds is 5. The van der Waals surface area contributed by atoms with Gasteiger partial charge in [-0.25, -0.2) is 9.79 Å². The molecule has 0 aliphatic carbocycles. The lowest BCUT2D eigenvalue weighted by molar-refractivity contribution is -0.143. The van der Waals surface area contributed by atoms with Gasteiger partial charge in [-0.2, -0.15) is 0 Å². The molecule has 2 heterocycles. The maximum Gasteiger partial charge on any atom is 0.338 e. The molecule has 0 spiro atoms. The Morgan fingerprint density at radius 1 is 1.24 bits per heavy atom. The summed E-state index contributed by atoms with van der Waals surface area (Å²) >= 11 is 7.24. The molecule has 34 heavy (non-hydrogen) atoms. The van der Waals surface area contributed by atoms with Gasteiger partial charge in [-0.15, -0.1) is 0 Å². The van der Waals surface area contributed by atoms with Gasteiger partial charge in [0.2, 0.25) is 0 Å². The predicted molar refractivity (Wildman–Crippen MR) is 131 cm³/mol. The molecule has 0 radical (unpaired) electrons. The van der Waals surface area contributed by atoms with Crippen LogP contribution in [0.3, 0.4) is 0 Å². The zero-order chi connectivity index (χ0) is 24.6. The normalized spacial score (nSPS) is 15.8. The number of phenols is 1. The molecule has 1 unspecified atom stereocenters. The summed E-state index contributed by atoms with van der Waals surface area (Å²) in [5, 5.41) is 10.6. The van der Waals surface area contributed by atoms with E-state index < -0.39 is 12.0 Å². The van der Waals surface area contributed by atoms with Gasteiger partial charge >= 0.3 is 5.97 Å². The first kappa shape index (κ1) is 23.8. The van der Waals surface area contributed by atoms with Crippen LogP contribution < -0.4 is 19.6 Å². The van der Waals surface area contributed by atoms with Crippen LogP contribution in [0.25, 0.3) is 6.08 Å². The number of phenolic OH excluding ortho intramolecular Hbond substituents is 1. The van der Waals surface area contributed by atoms with Gasteiger partial charge in [0.15, 0.2) is 4.80 Å². The number of methoxy groups -OCH3 is 1. The average molecular weight is 499 g/mol. The summed E-state index contributed by atoms with van der Waals surface area (Å²) in [7, 11) is 1.57. The molecule has 9 heteroatoms. The molecule has 1 aliphatic heterocycles. The highest BCUT2D eigenvalue weighted by atomic mass is 35.5. The first-order valence-corrected chi connectivity index (χ1v) is 11.7. The molecule has 4 rings (SSSR count). The van der Waals surface area contributed by atoms with Crippen molar-refractivity contribution in [3.8, 4) is 11.5 Å². The van der Waals surface area contributed by atoms with Crippen LogP contribution in [0.15, 0.2) is 63.5 Å². The Balaban J connectivity index is 1.95. The number of esters is 1. The largest absolute Gasteiger partial charge is 0.507 e. The molecular formula is C25H23ClN2O5S. The summed E-state index contributed by atoms with van der Waals surface area (Å²) in [4.78, 5) is 31.7. The SMILES string of the molecule is COc1ccc(C2C(C(=O)OC(C)C)=C(C)N=c3s/c(=C/c4cc(Cl)ccc4O)c(=O)n32)cc1. The fraction of sp³-hybridized carbons (Fsp3) is 0.240. The fourth-order valence-corrected chi connectivity index (χ4v) is 4.96. The number of hydrogen-bond acceptors (Lipinski definition) is 7. The van der Waals surface area contributed by atoms with Crippen LogP contribution in [0.1, 0.15) is 37.9 Å². The highest BCUT2D eigenvalue weighted by Crippen LogP contribution is 2.32. The van der Waals surface area contributed by atoms with Gasteiger partial charge in [0.25, 0.3) is 5.56 Å². The second-order valence-electron chi connectivity index (χ2n) is 8.01. The zero-order valence-electron chi connectivity index (χ0n) is 19.0. The Kier molecular flexibility index (Phi) is 6.63. The molecule has 1 N–H and O–H groups in total. The number of carbonyl (C=O) groups is 1. The minimum atomic E-state index is -0.733. The maximum atomic E-state index is 13.6. The van der Waals surface area contributed by atoms with E-state index in [1.807, 2.05) is 12.1 Å². The Labute approximate surface area is 204 Å². The topological polar surface area (TPSA) is 90.1 Å². The standard InChI is InChI=1S/C25H23ClN2O5S/c1-13(2)33-24(31)21-14(3)27-25-28(22(21)15-5-8-18(32-4)9-6-15)23(30)20(34-25)12-16-11-17(26)7-10-19(16)29/h5-13,22,29H,1-4H3/b20-12+. The second kappa shape index (κ2) is 9.48. The quantitative estimate of drug-likeness (QED) is 0.543. The van der Waals surface area contributed by atoms with E-state index in [0.717, 1.165) is 0 Å². The first-order valence-electron chi connectivity index (χ1n) is 10.6. The van der Waals surface area contributed by atoms with E-state index >= 15 is 0 Å². The number of aromatic hydroxyl groups is 1. The molecular weight excluding hydrogens is 476 g/mol. The van der Waals surface area contributed by atoms with Crippen molar-refractivity contribution >= 4 is 35.0 Å². The van der Waals surface area contributed by atoms with Crippen molar-refractivity contribution in [2.45, 2.75) is 32.9 Å². The van der Waals surface area contributed by atoms with E-state index in [9.17, 15) is 14.7 Å². The monoisotopic (exact) mass is 498 g/mol. The van der Waals surface area contributed by atoms with Crippen molar-refractivity contribution in [2.24, 2.45) is 4.99 Å². The van der Waals surface area contributed by atoms with Crippen LogP contribution in [0, 0.1) is 0 Å². The summed E-state index contributed by atoms with van der Waals surface area (Å²) in [5.41, 5.74) is 1.55. The molecule has 1 aliphatic rings. The third kappa shape index (κ3) is 4.51. The number of thiazole rings is 1. The van der Waals surface area contributed by atoms with Crippen molar-refractivity contribution in [1.82, 2.24) is 4.57 Å². The van der Waals surface area contributed by atoms with Crippen molar-refractivity contribution < 1.29 is 19.4 Å². The smallest absolute Gasteiger partial charge is 0.338 e. The molecule has 0 amide bonds. The third-order valence-electron chi connectivity index (χ3n) is 5.29.